The Kier molecular flexibility index (Phi) is 3.87. The van der Waals surface area contributed by atoms with Crippen LogP contribution in [0.5, 0.6) is 5.19 Å². The van der Waals surface area contributed by atoms with E-state index in [4.69, 9.17) is 10.5 Å². The molecule has 0 fully saturated rings. The van der Waals surface area contributed by atoms with Crippen LogP contribution in [-0.2, 0) is 13.2 Å². The van der Waals surface area contributed by atoms with E-state index < -0.39 is 0 Å². The molecule has 84 valence electrons. The van der Waals surface area contributed by atoms with Crippen LogP contribution in [0.3, 0.4) is 0 Å². The summed E-state index contributed by atoms with van der Waals surface area (Å²) in [5.74, 6) is 0. The first kappa shape index (κ1) is 11.5. The lowest BCUT2D eigenvalue weighted by Crippen LogP contribution is -1.95. The molecule has 0 bridgehead atoms. The maximum absolute atomic E-state index is 5.51. The van der Waals surface area contributed by atoms with Gasteiger partial charge in [-0.2, -0.15) is 0 Å². The van der Waals surface area contributed by atoms with Crippen molar-refractivity contribution in [3.63, 3.8) is 0 Å². The zero-order valence-electron chi connectivity index (χ0n) is 8.39. The summed E-state index contributed by atoms with van der Waals surface area (Å²) in [5.41, 5.74) is 6.52. The molecule has 0 radical (unpaired) electrons. The fourth-order valence-electron chi connectivity index (χ4n) is 1.13. The summed E-state index contributed by atoms with van der Waals surface area (Å²) in [6.45, 7) is 0.872. The van der Waals surface area contributed by atoms with E-state index in [0.717, 1.165) is 15.0 Å². The van der Waals surface area contributed by atoms with Crippen molar-refractivity contribution >= 4 is 27.3 Å². The number of nitrogens with two attached hydrogens (primary N) is 1. The molecule has 0 saturated heterocycles. The topological polar surface area (TPSA) is 61.0 Å². The Labute approximate surface area is 106 Å². The average Bonchev–Trinajstić information content (AvgIpc) is 2.76. The summed E-state index contributed by atoms with van der Waals surface area (Å²) >= 11 is 4.83. The quantitative estimate of drug-likeness (QED) is 0.941. The molecule has 2 rings (SSSR count). The Bertz CT molecular complexity index is 475. The predicted octanol–water partition coefficient (Wildman–Crippen LogP) is 2.34. The maximum atomic E-state index is 5.51. The monoisotopic (exact) mass is 299 g/mol. The van der Waals surface area contributed by atoms with Gasteiger partial charge >= 0.3 is 0 Å². The van der Waals surface area contributed by atoms with Crippen LogP contribution in [0.25, 0.3) is 0 Å². The summed E-state index contributed by atoms with van der Waals surface area (Å²) in [6, 6.07) is 7.90. The van der Waals surface area contributed by atoms with Crippen LogP contribution < -0.4 is 10.5 Å². The number of rotatable bonds is 4. The van der Waals surface area contributed by atoms with E-state index in [2.05, 4.69) is 26.1 Å². The highest BCUT2D eigenvalue weighted by Gasteiger charge is 2.05. The van der Waals surface area contributed by atoms with Crippen LogP contribution in [0.4, 0.5) is 0 Å². The lowest BCUT2D eigenvalue weighted by molar-refractivity contribution is 0.301. The van der Waals surface area contributed by atoms with Crippen molar-refractivity contribution in [1.29, 1.82) is 0 Å². The van der Waals surface area contributed by atoms with Gasteiger partial charge in [-0.05, 0) is 6.07 Å². The zero-order valence-corrected chi connectivity index (χ0v) is 10.8. The van der Waals surface area contributed by atoms with Gasteiger partial charge in [-0.3, -0.25) is 0 Å². The molecule has 0 aliphatic heterocycles. The molecule has 0 aliphatic carbocycles. The molecule has 0 unspecified atom stereocenters. The standard InChI is InChI=1S/C10H10BrN3OS/c11-8-4-2-1-3-7(8)6-15-10-14-13-9(5-12)16-10/h1-4H,5-6,12H2. The number of halogens is 1. The van der Waals surface area contributed by atoms with Crippen molar-refractivity contribution in [3.05, 3.63) is 39.3 Å². The third-order valence-corrected chi connectivity index (χ3v) is 3.56. The van der Waals surface area contributed by atoms with Crippen LogP contribution in [0, 0.1) is 0 Å². The maximum Gasteiger partial charge on any atom is 0.294 e. The number of aromatic nitrogens is 2. The highest BCUT2D eigenvalue weighted by Crippen LogP contribution is 2.21. The first-order chi connectivity index (χ1) is 7.79. The second kappa shape index (κ2) is 5.38. The largest absolute Gasteiger partial charge is 0.464 e. The summed E-state index contributed by atoms with van der Waals surface area (Å²) in [6.07, 6.45) is 0. The van der Waals surface area contributed by atoms with Gasteiger partial charge in [0.15, 0.2) is 0 Å². The minimum Gasteiger partial charge on any atom is -0.464 e. The minimum atomic E-state index is 0.399. The minimum absolute atomic E-state index is 0.399. The normalized spacial score (nSPS) is 10.4. The van der Waals surface area contributed by atoms with Crippen molar-refractivity contribution < 1.29 is 4.74 Å². The molecule has 1 aromatic carbocycles. The molecule has 0 spiro atoms. The van der Waals surface area contributed by atoms with Gasteiger partial charge in [-0.15, -0.1) is 5.10 Å². The van der Waals surface area contributed by atoms with Gasteiger partial charge in [-0.1, -0.05) is 50.6 Å². The Balaban J connectivity index is 1.99. The predicted molar refractivity (Wildman–Crippen MR) is 66.3 cm³/mol. The Hall–Kier alpha value is -0.980. The molecule has 16 heavy (non-hydrogen) atoms. The van der Waals surface area contributed by atoms with E-state index in [1.165, 1.54) is 11.3 Å². The zero-order chi connectivity index (χ0) is 11.4. The molecule has 2 aromatic rings. The van der Waals surface area contributed by atoms with Crippen molar-refractivity contribution in [2.24, 2.45) is 5.73 Å². The van der Waals surface area contributed by atoms with Crippen LogP contribution in [-0.4, -0.2) is 10.2 Å². The van der Waals surface area contributed by atoms with Crippen molar-refractivity contribution in [2.75, 3.05) is 0 Å². The summed E-state index contributed by atoms with van der Waals surface area (Å²) in [5, 5.41) is 9.09. The Morgan fingerprint density at radius 1 is 1.31 bits per heavy atom. The Morgan fingerprint density at radius 3 is 2.81 bits per heavy atom. The van der Waals surface area contributed by atoms with E-state index in [1.807, 2.05) is 24.3 Å². The van der Waals surface area contributed by atoms with Crippen molar-refractivity contribution in [2.45, 2.75) is 13.2 Å². The van der Waals surface area contributed by atoms with Gasteiger partial charge in [0.05, 0.1) is 0 Å². The summed E-state index contributed by atoms with van der Waals surface area (Å²) in [7, 11) is 0. The highest BCUT2D eigenvalue weighted by atomic mass is 79.9. The molecular formula is C10H10BrN3OS. The molecule has 0 saturated carbocycles. The highest BCUT2D eigenvalue weighted by molar-refractivity contribution is 9.10. The third-order valence-electron chi connectivity index (χ3n) is 1.93. The van der Waals surface area contributed by atoms with Crippen LogP contribution in [0.2, 0.25) is 0 Å². The molecule has 1 heterocycles. The molecule has 0 atom stereocenters. The molecular weight excluding hydrogens is 290 g/mol. The second-order valence-electron chi connectivity index (χ2n) is 3.05. The van der Waals surface area contributed by atoms with Gasteiger partial charge in [-0.25, -0.2) is 0 Å². The van der Waals surface area contributed by atoms with Crippen molar-refractivity contribution in [1.82, 2.24) is 10.2 Å². The first-order valence-electron chi connectivity index (χ1n) is 4.68. The van der Waals surface area contributed by atoms with E-state index in [9.17, 15) is 0 Å². The average molecular weight is 300 g/mol. The Morgan fingerprint density at radius 2 is 2.12 bits per heavy atom. The molecule has 0 aliphatic rings. The number of hydrogen-bond acceptors (Lipinski definition) is 5. The third kappa shape index (κ3) is 2.78. The SMILES string of the molecule is NCc1nnc(OCc2ccccc2Br)s1. The summed E-state index contributed by atoms with van der Waals surface area (Å²) < 4.78 is 6.54. The van der Waals surface area contributed by atoms with E-state index in [1.54, 1.807) is 0 Å². The molecule has 6 heteroatoms. The fourth-order valence-corrected chi connectivity index (χ4v) is 2.10. The molecule has 1 aromatic heterocycles. The van der Waals surface area contributed by atoms with Crippen LogP contribution in [0.15, 0.2) is 28.7 Å². The molecule has 4 nitrogen and oxygen atoms in total. The van der Waals surface area contributed by atoms with Gasteiger partial charge in [0, 0.05) is 16.6 Å². The number of ether oxygens (including phenoxy) is 1. The van der Waals surface area contributed by atoms with Crippen LogP contribution in [0.1, 0.15) is 10.6 Å². The molecule has 0 amide bonds. The lowest BCUT2D eigenvalue weighted by Gasteiger charge is -2.03. The van der Waals surface area contributed by atoms with Gasteiger partial charge in [0.2, 0.25) is 0 Å². The number of benzene rings is 1. The number of hydrogen-bond donors (Lipinski definition) is 1. The van der Waals surface area contributed by atoms with E-state index in [0.29, 0.717) is 18.3 Å². The molecule has 2 N–H and O–H groups in total. The van der Waals surface area contributed by atoms with E-state index in [-0.39, 0.29) is 0 Å². The van der Waals surface area contributed by atoms with Crippen molar-refractivity contribution in [3.8, 4) is 5.19 Å². The lowest BCUT2D eigenvalue weighted by atomic mass is 10.2. The van der Waals surface area contributed by atoms with E-state index >= 15 is 0 Å². The smallest absolute Gasteiger partial charge is 0.294 e. The second-order valence-corrected chi connectivity index (χ2v) is 4.92. The van der Waals surface area contributed by atoms with Crippen LogP contribution >= 0.6 is 27.3 Å². The van der Waals surface area contributed by atoms with Gasteiger partial charge in [0.25, 0.3) is 5.19 Å². The fraction of sp³-hybridized carbons (Fsp3) is 0.200. The summed E-state index contributed by atoms with van der Waals surface area (Å²) in [4.78, 5) is 0. The number of nitrogens with zero attached hydrogens (tertiary/aromatic N) is 2. The van der Waals surface area contributed by atoms with Gasteiger partial charge < -0.3 is 10.5 Å². The van der Waals surface area contributed by atoms with Gasteiger partial charge in [0.1, 0.15) is 11.6 Å². The first-order valence-corrected chi connectivity index (χ1v) is 6.29.